The van der Waals surface area contributed by atoms with Crippen LogP contribution in [0.15, 0.2) is 23.1 Å². The molecule has 0 amide bonds. The Bertz CT molecular complexity index is 556. The van der Waals surface area contributed by atoms with Crippen LogP contribution in [0.4, 0.5) is 5.69 Å². The Morgan fingerprint density at radius 3 is 2.68 bits per heavy atom. The van der Waals surface area contributed by atoms with Crippen molar-refractivity contribution >= 4 is 21.7 Å². The number of nitrogens with one attached hydrogen (secondary N) is 1. The Morgan fingerprint density at radius 2 is 2.16 bits per heavy atom. The van der Waals surface area contributed by atoms with Gasteiger partial charge in [-0.3, -0.25) is 0 Å². The average Bonchev–Trinajstić information content (AvgIpc) is 2.34. The van der Waals surface area contributed by atoms with Gasteiger partial charge in [0.25, 0.3) is 0 Å². The topological polar surface area (TPSA) is 119 Å². The van der Waals surface area contributed by atoms with Crippen molar-refractivity contribution in [2.75, 3.05) is 26.0 Å². The Hall–Kier alpha value is -1.64. The van der Waals surface area contributed by atoms with Crippen LogP contribution in [0.2, 0.25) is 0 Å². The molecule has 0 heterocycles. The van der Waals surface area contributed by atoms with Gasteiger partial charge in [0.2, 0.25) is 10.0 Å². The maximum Gasteiger partial charge on any atom is 0.335 e. The van der Waals surface area contributed by atoms with Crippen molar-refractivity contribution < 1.29 is 23.1 Å². The van der Waals surface area contributed by atoms with Crippen molar-refractivity contribution in [1.29, 1.82) is 0 Å². The summed E-state index contributed by atoms with van der Waals surface area (Å²) in [6, 6.07) is 3.49. The minimum Gasteiger partial charge on any atom is -0.478 e. The summed E-state index contributed by atoms with van der Waals surface area (Å²) in [4.78, 5) is 10.6. The van der Waals surface area contributed by atoms with Gasteiger partial charge in [0.05, 0.1) is 11.3 Å². The normalized spacial score (nSPS) is 11.4. The van der Waals surface area contributed by atoms with Gasteiger partial charge in [-0.1, -0.05) is 0 Å². The highest BCUT2D eigenvalue weighted by Gasteiger charge is 2.18. The van der Waals surface area contributed by atoms with Crippen LogP contribution in [0.25, 0.3) is 0 Å². The fraction of sp³-hybridized carbons (Fsp3) is 0.364. The van der Waals surface area contributed by atoms with Gasteiger partial charge in [0.1, 0.15) is 4.90 Å². The molecule has 19 heavy (non-hydrogen) atoms. The standard InChI is InChI=1S/C11H16N2O5S/c1-18-6-2-5-13-19(16,17)10-4-3-8(11(14)15)7-9(10)12/h3-4,7,13H,2,5-6,12H2,1H3,(H,14,15). The van der Waals surface area contributed by atoms with E-state index in [2.05, 4.69) is 4.72 Å². The van der Waals surface area contributed by atoms with Gasteiger partial charge in [-0.05, 0) is 24.6 Å². The summed E-state index contributed by atoms with van der Waals surface area (Å²) >= 11 is 0. The minimum atomic E-state index is -3.74. The molecule has 0 aliphatic carbocycles. The number of anilines is 1. The second-order valence-corrected chi connectivity index (χ2v) is 5.54. The van der Waals surface area contributed by atoms with Crippen LogP contribution < -0.4 is 10.5 Å². The third kappa shape index (κ3) is 4.19. The number of hydrogen-bond donors (Lipinski definition) is 3. The number of rotatable bonds is 7. The Kier molecular flexibility index (Phi) is 5.28. The van der Waals surface area contributed by atoms with Crippen LogP contribution >= 0.6 is 0 Å². The van der Waals surface area contributed by atoms with Gasteiger partial charge in [-0.2, -0.15) is 0 Å². The molecule has 106 valence electrons. The molecular formula is C11H16N2O5S. The lowest BCUT2D eigenvalue weighted by Crippen LogP contribution is -2.26. The molecule has 0 unspecified atom stereocenters. The molecule has 7 nitrogen and oxygen atoms in total. The number of ether oxygens (including phenoxy) is 1. The van der Waals surface area contributed by atoms with E-state index in [4.69, 9.17) is 15.6 Å². The summed E-state index contributed by atoms with van der Waals surface area (Å²) in [5.74, 6) is -1.16. The molecule has 0 bridgehead atoms. The van der Waals surface area contributed by atoms with Crippen molar-refractivity contribution in [3.05, 3.63) is 23.8 Å². The molecule has 0 aromatic heterocycles. The first-order valence-electron chi connectivity index (χ1n) is 5.50. The summed E-state index contributed by atoms with van der Waals surface area (Å²) in [7, 11) is -2.21. The number of carboxylic acids is 1. The highest BCUT2D eigenvalue weighted by molar-refractivity contribution is 7.89. The van der Waals surface area contributed by atoms with Crippen LogP contribution in [0.5, 0.6) is 0 Å². The molecular weight excluding hydrogens is 272 g/mol. The zero-order chi connectivity index (χ0) is 14.5. The largest absolute Gasteiger partial charge is 0.478 e. The summed E-state index contributed by atoms with van der Waals surface area (Å²) in [6.45, 7) is 0.659. The number of methoxy groups -OCH3 is 1. The van der Waals surface area contributed by atoms with Crippen LogP contribution in [0, 0.1) is 0 Å². The Morgan fingerprint density at radius 1 is 1.47 bits per heavy atom. The number of hydrogen-bond acceptors (Lipinski definition) is 5. The Labute approximate surface area is 111 Å². The number of carboxylic acid groups (broad SMARTS) is 1. The quantitative estimate of drug-likeness (QED) is 0.490. The minimum absolute atomic E-state index is 0.0594. The second-order valence-electron chi connectivity index (χ2n) is 3.80. The van der Waals surface area contributed by atoms with Crippen molar-refractivity contribution in [2.45, 2.75) is 11.3 Å². The van der Waals surface area contributed by atoms with E-state index < -0.39 is 16.0 Å². The fourth-order valence-electron chi connectivity index (χ4n) is 1.43. The molecule has 0 aliphatic heterocycles. The number of nitrogens with two attached hydrogens (primary N) is 1. The summed E-state index contributed by atoms with van der Waals surface area (Å²) in [5.41, 5.74) is 5.41. The predicted molar refractivity (Wildman–Crippen MR) is 69.5 cm³/mol. The molecule has 4 N–H and O–H groups in total. The molecule has 8 heteroatoms. The van der Waals surface area contributed by atoms with Gasteiger partial charge in [-0.25, -0.2) is 17.9 Å². The lowest BCUT2D eigenvalue weighted by Gasteiger charge is -2.09. The van der Waals surface area contributed by atoms with E-state index in [1.165, 1.54) is 19.2 Å². The number of benzene rings is 1. The first kappa shape index (κ1) is 15.4. The Balaban J connectivity index is 2.87. The molecule has 0 aliphatic rings. The molecule has 0 atom stereocenters. The molecule has 1 aromatic rings. The van der Waals surface area contributed by atoms with Crippen molar-refractivity contribution in [1.82, 2.24) is 4.72 Å². The van der Waals surface area contributed by atoms with Gasteiger partial charge in [0, 0.05) is 20.3 Å². The van der Waals surface area contributed by atoms with Crippen molar-refractivity contribution in [2.24, 2.45) is 0 Å². The first-order chi connectivity index (χ1) is 8.88. The highest BCUT2D eigenvalue weighted by Crippen LogP contribution is 2.19. The molecule has 0 spiro atoms. The SMILES string of the molecule is COCCCNS(=O)(=O)c1ccc(C(=O)O)cc1N. The van der Waals surface area contributed by atoms with Crippen LogP contribution in [0.1, 0.15) is 16.8 Å². The first-order valence-corrected chi connectivity index (χ1v) is 6.98. The van der Waals surface area contributed by atoms with Gasteiger partial charge in [0.15, 0.2) is 0 Å². The lowest BCUT2D eigenvalue weighted by molar-refractivity contribution is 0.0697. The number of carbonyl (C=O) groups is 1. The van der Waals surface area contributed by atoms with Gasteiger partial charge in [-0.15, -0.1) is 0 Å². The lowest BCUT2D eigenvalue weighted by atomic mass is 10.2. The van der Waals surface area contributed by atoms with Crippen molar-refractivity contribution in [3.63, 3.8) is 0 Å². The van der Waals surface area contributed by atoms with Crippen LogP contribution in [0.3, 0.4) is 0 Å². The van der Waals surface area contributed by atoms with Crippen molar-refractivity contribution in [3.8, 4) is 0 Å². The van der Waals surface area contributed by atoms with E-state index in [-0.39, 0.29) is 22.7 Å². The molecule has 0 fully saturated rings. The van der Waals surface area contributed by atoms with E-state index in [0.717, 1.165) is 6.07 Å². The maximum absolute atomic E-state index is 11.9. The van der Waals surface area contributed by atoms with E-state index in [1.807, 2.05) is 0 Å². The molecule has 0 saturated carbocycles. The second kappa shape index (κ2) is 6.50. The summed E-state index contributed by atoms with van der Waals surface area (Å²) in [5, 5.41) is 8.77. The van der Waals surface area contributed by atoms with E-state index >= 15 is 0 Å². The fourth-order valence-corrected chi connectivity index (χ4v) is 2.61. The zero-order valence-corrected chi connectivity index (χ0v) is 11.2. The number of aromatic carboxylic acids is 1. The van der Waals surface area contributed by atoms with E-state index in [0.29, 0.717) is 13.0 Å². The van der Waals surface area contributed by atoms with Gasteiger partial charge >= 0.3 is 5.97 Å². The predicted octanol–water partition coefficient (Wildman–Crippen LogP) is 0.282. The van der Waals surface area contributed by atoms with Crippen LogP contribution in [-0.2, 0) is 14.8 Å². The van der Waals surface area contributed by atoms with E-state index in [1.54, 1.807) is 0 Å². The number of nitrogen functional groups attached to an aromatic ring is 1. The number of sulfonamides is 1. The molecule has 1 rings (SSSR count). The monoisotopic (exact) mass is 288 g/mol. The average molecular weight is 288 g/mol. The van der Waals surface area contributed by atoms with Gasteiger partial charge < -0.3 is 15.6 Å². The maximum atomic E-state index is 11.9. The third-order valence-corrected chi connectivity index (χ3v) is 3.90. The zero-order valence-electron chi connectivity index (χ0n) is 10.4. The molecule has 0 saturated heterocycles. The van der Waals surface area contributed by atoms with Crippen LogP contribution in [-0.4, -0.2) is 39.8 Å². The summed E-state index contributed by atoms with van der Waals surface area (Å²) in [6.07, 6.45) is 0.531. The molecule has 1 aromatic carbocycles. The molecule has 0 radical (unpaired) electrons. The highest BCUT2D eigenvalue weighted by atomic mass is 32.2. The smallest absolute Gasteiger partial charge is 0.335 e. The third-order valence-electron chi connectivity index (χ3n) is 2.36. The summed E-state index contributed by atoms with van der Waals surface area (Å²) < 4.78 is 31.0. The van der Waals surface area contributed by atoms with E-state index in [9.17, 15) is 13.2 Å².